The largest absolute Gasteiger partial charge is 0.454 e. The molecule has 2 aromatic carbocycles. The van der Waals surface area contributed by atoms with Gasteiger partial charge in [0, 0.05) is 12.1 Å². The molecule has 0 saturated heterocycles. The van der Waals surface area contributed by atoms with Crippen LogP contribution in [0.4, 0.5) is 0 Å². The van der Waals surface area contributed by atoms with Crippen LogP contribution < -0.4 is 20.1 Å². The number of carbonyl (C=O) groups excluding carboxylic acids is 2. The van der Waals surface area contributed by atoms with Crippen molar-refractivity contribution in [1.29, 1.82) is 0 Å². The van der Waals surface area contributed by atoms with Crippen LogP contribution in [0.2, 0.25) is 0 Å². The number of nitrogens with one attached hydrogen (secondary N) is 2. The number of ether oxygens (including phenoxy) is 2. The first kappa shape index (κ1) is 15.9. The lowest BCUT2D eigenvalue weighted by Gasteiger charge is -2.07. The topological polar surface area (TPSA) is 76.7 Å². The molecule has 1 aliphatic rings. The summed E-state index contributed by atoms with van der Waals surface area (Å²) in [5.74, 6) is 0.603. The highest BCUT2D eigenvalue weighted by Gasteiger charge is 2.16. The monoisotopic (exact) mass is 326 g/mol. The van der Waals surface area contributed by atoms with Crippen LogP contribution in [0.25, 0.3) is 0 Å². The zero-order valence-electron chi connectivity index (χ0n) is 13.1. The van der Waals surface area contributed by atoms with Gasteiger partial charge in [-0.2, -0.15) is 0 Å². The molecule has 3 rings (SSSR count). The maximum Gasteiger partial charge on any atom is 0.251 e. The van der Waals surface area contributed by atoms with Crippen LogP contribution in [-0.2, 0) is 11.2 Å². The first-order valence-corrected chi connectivity index (χ1v) is 7.71. The minimum absolute atomic E-state index is 0.0674. The summed E-state index contributed by atoms with van der Waals surface area (Å²) in [5.41, 5.74) is 1.58. The second-order valence-corrected chi connectivity index (χ2v) is 5.34. The molecule has 2 amide bonds. The molecule has 1 aliphatic heterocycles. The Bertz CT molecular complexity index is 731. The van der Waals surface area contributed by atoms with Crippen molar-refractivity contribution in [3.05, 3.63) is 59.7 Å². The van der Waals surface area contributed by atoms with E-state index in [1.807, 2.05) is 30.3 Å². The Morgan fingerprint density at radius 2 is 1.75 bits per heavy atom. The molecule has 0 bridgehead atoms. The molecule has 0 aliphatic carbocycles. The van der Waals surface area contributed by atoms with Gasteiger partial charge >= 0.3 is 0 Å². The van der Waals surface area contributed by atoms with Crippen LogP contribution in [0.1, 0.15) is 15.9 Å². The van der Waals surface area contributed by atoms with Gasteiger partial charge in [0.2, 0.25) is 12.7 Å². The highest BCUT2D eigenvalue weighted by Crippen LogP contribution is 2.32. The van der Waals surface area contributed by atoms with Gasteiger partial charge in [-0.25, -0.2) is 0 Å². The first-order chi connectivity index (χ1) is 11.7. The number of rotatable bonds is 6. The van der Waals surface area contributed by atoms with Crippen molar-refractivity contribution in [3.8, 4) is 11.5 Å². The summed E-state index contributed by atoms with van der Waals surface area (Å²) in [4.78, 5) is 23.8. The van der Waals surface area contributed by atoms with Gasteiger partial charge in [0.1, 0.15) is 0 Å². The average molecular weight is 326 g/mol. The molecule has 0 atom stereocenters. The number of carbonyl (C=O) groups is 2. The second kappa shape index (κ2) is 7.50. The van der Waals surface area contributed by atoms with E-state index in [0.717, 1.165) is 12.0 Å². The highest BCUT2D eigenvalue weighted by molar-refractivity contribution is 5.97. The van der Waals surface area contributed by atoms with E-state index >= 15 is 0 Å². The standard InChI is InChI=1S/C18H18N2O4/c21-17(19-9-8-13-4-2-1-3-5-13)11-20-18(22)14-6-7-15-16(10-14)24-12-23-15/h1-7,10H,8-9,11-12H2,(H,19,21)(H,20,22). The molecule has 0 aromatic heterocycles. The van der Waals surface area contributed by atoms with Gasteiger partial charge in [0.15, 0.2) is 11.5 Å². The van der Waals surface area contributed by atoms with Gasteiger partial charge in [0.25, 0.3) is 5.91 Å². The summed E-state index contributed by atoms with van der Waals surface area (Å²) in [6.45, 7) is 0.620. The lowest BCUT2D eigenvalue weighted by Crippen LogP contribution is -2.37. The number of hydrogen-bond donors (Lipinski definition) is 2. The van der Waals surface area contributed by atoms with Crippen molar-refractivity contribution >= 4 is 11.8 Å². The maximum absolute atomic E-state index is 12.1. The van der Waals surface area contributed by atoms with E-state index in [-0.39, 0.29) is 25.2 Å². The Hall–Kier alpha value is -3.02. The van der Waals surface area contributed by atoms with E-state index < -0.39 is 0 Å². The molecule has 0 spiro atoms. The number of hydrogen-bond acceptors (Lipinski definition) is 4. The van der Waals surface area contributed by atoms with E-state index in [9.17, 15) is 9.59 Å². The van der Waals surface area contributed by atoms with Crippen LogP contribution in [0.5, 0.6) is 11.5 Å². The minimum atomic E-state index is -0.327. The van der Waals surface area contributed by atoms with Crippen molar-refractivity contribution < 1.29 is 19.1 Å². The Morgan fingerprint density at radius 1 is 0.958 bits per heavy atom. The third-order valence-corrected chi connectivity index (χ3v) is 3.62. The predicted octanol–water partition coefficient (Wildman–Crippen LogP) is 1.50. The summed E-state index contributed by atoms with van der Waals surface area (Å²) < 4.78 is 10.4. The average Bonchev–Trinajstić information content (AvgIpc) is 3.08. The highest BCUT2D eigenvalue weighted by atomic mass is 16.7. The Morgan fingerprint density at radius 3 is 2.58 bits per heavy atom. The van der Waals surface area contributed by atoms with Gasteiger partial charge in [-0.1, -0.05) is 30.3 Å². The number of fused-ring (bicyclic) bond motifs is 1. The number of benzene rings is 2. The van der Waals surface area contributed by atoms with Gasteiger partial charge in [0.05, 0.1) is 6.54 Å². The lowest BCUT2D eigenvalue weighted by atomic mass is 10.1. The van der Waals surface area contributed by atoms with Crippen LogP contribution in [0, 0.1) is 0 Å². The quantitative estimate of drug-likeness (QED) is 0.843. The SMILES string of the molecule is O=C(CNC(=O)c1ccc2c(c1)OCO2)NCCc1ccccc1. The van der Waals surface area contributed by atoms with Crippen molar-refractivity contribution in [1.82, 2.24) is 10.6 Å². The van der Waals surface area contributed by atoms with Gasteiger partial charge in [-0.05, 0) is 30.2 Å². The van der Waals surface area contributed by atoms with E-state index in [1.165, 1.54) is 0 Å². The van der Waals surface area contributed by atoms with Crippen LogP contribution in [0.15, 0.2) is 48.5 Å². The van der Waals surface area contributed by atoms with Gasteiger partial charge < -0.3 is 20.1 Å². The van der Waals surface area contributed by atoms with Gasteiger partial charge in [-0.3, -0.25) is 9.59 Å². The van der Waals surface area contributed by atoms with E-state index in [4.69, 9.17) is 9.47 Å². The van der Waals surface area contributed by atoms with E-state index in [1.54, 1.807) is 18.2 Å². The molecule has 24 heavy (non-hydrogen) atoms. The summed E-state index contributed by atoms with van der Waals surface area (Å²) in [5, 5.41) is 5.37. The summed E-state index contributed by atoms with van der Waals surface area (Å²) >= 11 is 0. The van der Waals surface area contributed by atoms with Crippen molar-refractivity contribution in [2.75, 3.05) is 19.9 Å². The zero-order valence-corrected chi connectivity index (χ0v) is 13.1. The Kier molecular flexibility index (Phi) is 4.96. The van der Waals surface area contributed by atoms with Crippen molar-refractivity contribution in [2.45, 2.75) is 6.42 Å². The fourth-order valence-electron chi connectivity index (χ4n) is 2.35. The molecule has 1 heterocycles. The lowest BCUT2D eigenvalue weighted by molar-refractivity contribution is -0.120. The van der Waals surface area contributed by atoms with Crippen molar-refractivity contribution in [3.63, 3.8) is 0 Å². The van der Waals surface area contributed by atoms with E-state index in [0.29, 0.717) is 23.6 Å². The zero-order chi connectivity index (χ0) is 16.8. The van der Waals surface area contributed by atoms with Crippen molar-refractivity contribution in [2.24, 2.45) is 0 Å². The maximum atomic E-state index is 12.1. The molecule has 0 unspecified atom stereocenters. The molecule has 6 nitrogen and oxygen atoms in total. The predicted molar refractivity (Wildman–Crippen MR) is 88.1 cm³/mol. The fraction of sp³-hybridized carbons (Fsp3) is 0.222. The second-order valence-electron chi connectivity index (χ2n) is 5.34. The third kappa shape index (κ3) is 4.04. The smallest absolute Gasteiger partial charge is 0.251 e. The molecule has 0 fully saturated rings. The first-order valence-electron chi connectivity index (χ1n) is 7.71. The molecule has 0 saturated carbocycles. The molecule has 2 aromatic rings. The van der Waals surface area contributed by atoms with Crippen LogP contribution in [0.3, 0.4) is 0 Å². The van der Waals surface area contributed by atoms with E-state index in [2.05, 4.69) is 10.6 Å². The molecule has 0 radical (unpaired) electrons. The fourth-order valence-corrected chi connectivity index (χ4v) is 2.35. The Balaban J connectivity index is 1.41. The minimum Gasteiger partial charge on any atom is -0.454 e. The summed E-state index contributed by atoms with van der Waals surface area (Å²) in [6.07, 6.45) is 0.753. The third-order valence-electron chi connectivity index (χ3n) is 3.62. The Labute approximate surface area is 139 Å². The van der Waals surface area contributed by atoms with Gasteiger partial charge in [-0.15, -0.1) is 0 Å². The molecule has 2 N–H and O–H groups in total. The molecule has 124 valence electrons. The summed E-state index contributed by atoms with van der Waals surface area (Å²) in [6, 6.07) is 14.8. The molecular formula is C18H18N2O4. The van der Waals surface area contributed by atoms with Crippen LogP contribution >= 0.6 is 0 Å². The van der Waals surface area contributed by atoms with Crippen LogP contribution in [-0.4, -0.2) is 31.7 Å². The number of amides is 2. The molecular weight excluding hydrogens is 308 g/mol. The molecule has 6 heteroatoms. The normalized spacial score (nSPS) is 11.8. The summed E-state index contributed by atoms with van der Waals surface area (Å²) in [7, 11) is 0.